The second kappa shape index (κ2) is 6.72. The van der Waals surface area contributed by atoms with Gasteiger partial charge in [0.25, 0.3) is 5.91 Å². The number of rotatable bonds is 4. The SMILES string of the molecule is Cc1cccc2sc(NC(=O)CN3C(=O)N[C@](C)(c4ccccc4)C3=O)nc12. The van der Waals surface area contributed by atoms with Crippen molar-refractivity contribution < 1.29 is 14.4 Å². The first-order valence-corrected chi connectivity index (χ1v) is 9.56. The van der Waals surface area contributed by atoms with Crippen LogP contribution in [0.15, 0.2) is 48.5 Å². The summed E-state index contributed by atoms with van der Waals surface area (Å²) < 4.78 is 0.960. The third-order valence-corrected chi connectivity index (χ3v) is 5.73. The fraction of sp³-hybridized carbons (Fsp3) is 0.200. The van der Waals surface area contributed by atoms with Crippen molar-refractivity contribution in [2.24, 2.45) is 0 Å². The highest BCUT2D eigenvalue weighted by Crippen LogP contribution is 2.30. The molecular weight excluding hydrogens is 376 g/mol. The Kier molecular flexibility index (Phi) is 4.35. The van der Waals surface area contributed by atoms with Gasteiger partial charge in [0.15, 0.2) is 5.13 Å². The van der Waals surface area contributed by atoms with Gasteiger partial charge in [0.2, 0.25) is 5.91 Å². The Bertz CT molecular complexity index is 1100. The highest BCUT2D eigenvalue weighted by molar-refractivity contribution is 7.22. The number of amides is 4. The monoisotopic (exact) mass is 394 g/mol. The number of urea groups is 1. The summed E-state index contributed by atoms with van der Waals surface area (Å²) in [6, 6.07) is 14.2. The van der Waals surface area contributed by atoms with Gasteiger partial charge in [-0.1, -0.05) is 53.8 Å². The topological polar surface area (TPSA) is 91.4 Å². The van der Waals surface area contributed by atoms with Gasteiger partial charge in [-0.2, -0.15) is 0 Å². The van der Waals surface area contributed by atoms with Crippen molar-refractivity contribution in [1.82, 2.24) is 15.2 Å². The zero-order chi connectivity index (χ0) is 19.9. The number of imide groups is 1. The molecule has 1 aliphatic rings. The summed E-state index contributed by atoms with van der Waals surface area (Å²) in [7, 11) is 0. The van der Waals surface area contributed by atoms with E-state index in [4.69, 9.17) is 0 Å². The molecule has 0 aliphatic carbocycles. The van der Waals surface area contributed by atoms with Crippen molar-refractivity contribution >= 4 is 44.5 Å². The molecular formula is C20H18N4O3S. The Morgan fingerprint density at radius 1 is 1.18 bits per heavy atom. The number of thiazole rings is 1. The number of carbonyl (C=O) groups is 3. The molecule has 1 saturated heterocycles. The average molecular weight is 394 g/mol. The van der Waals surface area contributed by atoms with Gasteiger partial charge in [-0.25, -0.2) is 9.78 Å². The third kappa shape index (κ3) is 3.01. The number of para-hydroxylation sites is 1. The summed E-state index contributed by atoms with van der Waals surface area (Å²) in [6.07, 6.45) is 0. The summed E-state index contributed by atoms with van der Waals surface area (Å²) in [5.41, 5.74) is 1.32. The molecule has 0 unspecified atom stereocenters. The lowest BCUT2D eigenvalue weighted by Crippen LogP contribution is -2.42. The Balaban J connectivity index is 1.50. The molecule has 2 N–H and O–H groups in total. The second-order valence-corrected chi connectivity index (χ2v) is 7.83. The maximum Gasteiger partial charge on any atom is 0.325 e. The molecule has 1 aliphatic heterocycles. The molecule has 4 rings (SSSR count). The number of aromatic nitrogens is 1. The maximum atomic E-state index is 12.9. The standard InChI is InChI=1S/C20H18N4O3S/c1-12-7-6-10-14-16(12)22-18(28-14)21-15(25)11-24-17(26)20(2,23-19(24)27)13-8-4-3-5-9-13/h3-10H,11H2,1-2H3,(H,23,27)(H,21,22,25)/t20-/m1/s1. The van der Waals surface area contributed by atoms with Gasteiger partial charge in [-0.3, -0.25) is 14.5 Å². The molecule has 0 spiro atoms. The van der Waals surface area contributed by atoms with Crippen molar-refractivity contribution in [3.8, 4) is 0 Å². The molecule has 1 atom stereocenters. The molecule has 142 valence electrons. The van der Waals surface area contributed by atoms with Gasteiger partial charge in [-0.05, 0) is 31.0 Å². The minimum atomic E-state index is -1.19. The molecule has 3 aromatic rings. The first kappa shape index (κ1) is 18.1. The van der Waals surface area contributed by atoms with E-state index in [0.29, 0.717) is 10.7 Å². The Hall–Kier alpha value is -3.26. The van der Waals surface area contributed by atoms with Crippen molar-refractivity contribution in [2.45, 2.75) is 19.4 Å². The van der Waals surface area contributed by atoms with Crippen LogP contribution in [0.2, 0.25) is 0 Å². The molecule has 8 heteroatoms. The van der Waals surface area contributed by atoms with Gasteiger partial charge >= 0.3 is 6.03 Å². The maximum absolute atomic E-state index is 12.9. The van der Waals surface area contributed by atoms with E-state index in [0.717, 1.165) is 20.7 Å². The minimum Gasteiger partial charge on any atom is -0.319 e. The van der Waals surface area contributed by atoms with E-state index in [-0.39, 0.29) is 6.54 Å². The van der Waals surface area contributed by atoms with Gasteiger partial charge in [0.1, 0.15) is 12.1 Å². The van der Waals surface area contributed by atoms with Gasteiger partial charge < -0.3 is 10.6 Å². The van der Waals surface area contributed by atoms with E-state index < -0.39 is 23.4 Å². The van der Waals surface area contributed by atoms with Crippen LogP contribution in [-0.2, 0) is 15.1 Å². The normalized spacial score (nSPS) is 19.1. The van der Waals surface area contributed by atoms with E-state index in [2.05, 4.69) is 15.6 Å². The van der Waals surface area contributed by atoms with Crippen LogP contribution in [0.5, 0.6) is 0 Å². The summed E-state index contributed by atoms with van der Waals surface area (Å²) in [5, 5.41) is 5.81. The predicted octanol–water partition coefficient (Wildman–Crippen LogP) is 3.01. The highest BCUT2D eigenvalue weighted by Gasteiger charge is 2.49. The van der Waals surface area contributed by atoms with Crippen molar-refractivity contribution in [3.63, 3.8) is 0 Å². The lowest BCUT2D eigenvalue weighted by molar-refractivity contribution is -0.133. The molecule has 0 saturated carbocycles. The van der Waals surface area contributed by atoms with E-state index in [1.54, 1.807) is 31.2 Å². The van der Waals surface area contributed by atoms with Crippen molar-refractivity contribution in [3.05, 3.63) is 59.7 Å². The molecule has 4 amide bonds. The summed E-state index contributed by atoms with van der Waals surface area (Å²) in [6.45, 7) is 3.21. The largest absolute Gasteiger partial charge is 0.325 e. The molecule has 2 heterocycles. The fourth-order valence-electron chi connectivity index (χ4n) is 3.25. The Morgan fingerprint density at radius 2 is 1.93 bits per heavy atom. The van der Waals surface area contributed by atoms with Crippen LogP contribution in [-0.4, -0.2) is 34.3 Å². The molecule has 0 radical (unpaired) electrons. The lowest BCUT2D eigenvalue weighted by Gasteiger charge is -2.21. The first-order valence-electron chi connectivity index (χ1n) is 8.74. The Labute approximate surface area is 165 Å². The number of hydrogen-bond acceptors (Lipinski definition) is 5. The fourth-order valence-corrected chi connectivity index (χ4v) is 4.21. The number of carbonyl (C=O) groups excluding carboxylic acids is 3. The number of anilines is 1. The van der Waals surface area contributed by atoms with E-state index in [9.17, 15) is 14.4 Å². The van der Waals surface area contributed by atoms with Gasteiger partial charge in [0, 0.05) is 0 Å². The van der Waals surface area contributed by atoms with Crippen molar-refractivity contribution in [1.29, 1.82) is 0 Å². The van der Waals surface area contributed by atoms with Crippen molar-refractivity contribution in [2.75, 3.05) is 11.9 Å². The number of hydrogen-bond donors (Lipinski definition) is 2. The third-order valence-electron chi connectivity index (χ3n) is 4.79. The zero-order valence-electron chi connectivity index (χ0n) is 15.4. The van der Waals surface area contributed by atoms with E-state index >= 15 is 0 Å². The number of benzene rings is 2. The van der Waals surface area contributed by atoms with Crippen LogP contribution in [0.1, 0.15) is 18.1 Å². The Morgan fingerprint density at radius 3 is 2.64 bits per heavy atom. The number of nitrogens with zero attached hydrogens (tertiary/aromatic N) is 2. The molecule has 7 nitrogen and oxygen atoms in total. The van der Waals surface area contributed by atoms with Crippen LogP contribution in [0.25, 0.3) is 10.2 Å². The predicted molar refractivity (Wildman–Crippen MR) is 107 cm³/mol. The number of fused-ring (bicyclic) bond motifs is 1. The van der Waals surface area contributed by atoms with E-state index in [1.165, 1.54) is 11.3 Å². The number of aryl methyl sites for hydroxylation is 1. The highest BCUT2D eigenvalue weighted by atomic mass is 32.1. The van der Waals surface area contributed by atoms with Crippen LogP contribution >= 0.6 is 11.3 Å². The molecule has 1 fully saturated rings. The summed E-state index contributed by atoms with van der Waals surface area (Å²) in [5.74, 6) is -0.934. The van der Waals surface area contributed by atoms with Crippen LogP contribution in [0.4, 0.5) is 9.93 Å². The summed E-state index contributed by atoms with van der Waals surface area (Å²) in [4.78, 5) is 43.0. The van der Waals surface area contributed by atoms with Crippen LogP contribution < -0.4 is 10.6 Å². The zero-order valence-corrected chi connectivity index (χ0v) is 16.2. The summed E-state index contributed by atoms with van der Waals surface area (Å²) >= 11 is 1.35. The smallest absolute Gasteiger partial charge is 0.319 e. The van der Waals surface area contributed by atoms with Crippen LogP contribution in [0, 0.1) is 6.92 Å². The van der Waals surface area contributed by atoms with Gasteiger partial charge in [-0.15, -0.1) is 0 Å². The van der Waals surface area contributed by atoms with Crippen LogP contribution in [0.3, 0.4) is 0 Å². The average Bonchev–Trinajstić information content (AvgIpc) is 3.18. The first-order chi connectivity index (χ1) is 13.4. The molecule has 0 bridgehead atoms. The molecule has 1 aromatic heterocycles. The number of nitrogens with one attached hydrogen (secondary N) is 2. The minimum absolute atomic E-state index is 0.373. The van der Waals surface area contributed by atoms with E-state index in [1.807, 2.05) is 31.2 Å². The lowest BCUT2D eigenvalue weighted by atomic mass is 9.92. The van der Waals surface area contributed by atoms with Gasteiger partial charge in [0.05, 0.1) is 10.2 Å². The molecule has 28 heavy (non-hydrogen) atoms. The second-order valence-electron chi connectivity index (χ2n) is 6.80. The molecule has 2 aromatic carbocycles. The quantitative estimate of drug-likeness (QED) is 0.666.